The maximum Gasteiger partial charge on any atom is 0.191 e. The van der Waals surface area contributed by atoms with Crippen molar-refractivity contribution in [3.05, 3.63) is 11.8 Å². The van der Waals surface area contributed by atoms with Crippen molar-refractivity contribution >= 4 is 5.78 Å². The van der Waals surface area contributed by atoms with Crippen LogP contribution in [-0.2, 0) is 14.3 Å². The van der Waals surface area contributed by atoms with Crippen LogP contribution in [0, 0.1) is 0 Å². The quantitative estimate of drug-likeness (QED) is 0.717. The molecule has 0 amide bonds. The molecule has 16 heavy (non-hydrogen) atoms. The standard InChI is InChI=1S/C12H19NO3/c1-2-13-5-7-16-11(8-13)12(14)10-4-3-6-15-9-10/h9,11H,2-8H2,1H3. The van der Waals surface area contributed by atoms with Crippen LogP contribution in [0.1, 0.15) is 19.8 Å². The van der Waals surface area contributed by atoms with E-state index in [4.69, 9.17) is 9.47 Å². The van der Waals surface area contributed by atoms with E-state index in [1.54, 1.807) is 6.26 Å². The van der Waals surface area contributed by atoms with Gasteiger partial charge in [0, 0.05) is 18.7 Å². The molecule has 0 bridgehead atoms. The molecule has 1 atom stereocenters. The Morgan fingerprint density at radius 3 is 3.12 bits per heavy atom. The molecule has 0 spiro atoms. The molecule has 2 rings (SSSR count). The minimum atomic E-state index is -0.290. The monoisotopic (exact) mass is 225 g/mol. The predicted octanol–water partition coefficient (Wildman–Crippen LogP) is 0.970. The molecule has 1 unspecified atom stereocenters. The first-order valence-corrected chi connectivity index (χ1v) is 6.00. The maximum atomic E-state index is 12.1. The largest absolute Gasteiger partial charge is 0.501 e. The summed E-state index contributed by atoms with van der Waals surface area (Å²) in [6.45, 7) is 6.10. The Kier molecular flexibility index (Phi) is 3.96. The average Bonchev–Trinajstić information content (AvgIpc) is 2.39. The number of carbonyl (C=O) groups excluding carboxylic acids is 1. The fourth-order valence-electron chi connectivity index (χ4n) is 2.10. The molecule has 0 aromatic heterocycles. The van der Waals surface area contributed by atoms with Crippen molar-refractivity contribution in [1.29, 1.82) is 0 Å². The average molecular weight is 225 g/mol. The van der Waals surface area contributed by atoms with Crippen LogP contribution in [0.2, 0.25) is 0 Å². The van der Waals surface area contributed by atoms with Gasteiger partial charge in [0.2, 0.25) is 0 Å². The van der Waals surface area contributed by atoms with Crippen LogP contribution < -0.4 is 0 Å². The molecule has 1 saturated heterocycles. The summed E-state index contributed by atoms with van der Waals surface area (Å²) in [4.78, 5) is 14.4. The zero-order chi connectivity index (χ0) is 11.4. The number of hydrogen-bond acceptors (Lipinski definition) is 4. The predicted molar refractivity (Wildman–Crippen MR) is 60.1 cm³/mol. The second-order valence-electron chi connectivity index (χ2n) is 4.23. The molecular formula is C12H19NO3. The van der Waals surface area contributed by atoms with E-state index in [2.05, 4.69) is 11.8 Å². The van der Waals surface area contributed by atoms with Crippen molar-refractivity contribution in [2.75, 3.05) is 32.8 Å². The van der Waals surface area contributed by atoms with Crippen LogP contribution in [0.25, 0.3) is 0 Å². The van der Waals surface area contributed by atoms with Crippen LogP contribution in [0.15, 0.2) is 11.8 Å². The maximum absolute atomic E-state index is 12.1. The Morgan fingerprint density at radius 2 is 2.44 bits per heavy atom. The van der Waals surface area contributed by atoms with Crippen LogP contribution in [0.3, 0.4) is 0 Å². The van der Waals surface area contributed by atoms with Crippen molar-refractivity contribution in [2.45, 2.75) is 25.9 Å². The van der Waals surface area contributed by atoms with E-state index in [1.165, 1.54) is 0 Å². The molecule has 0 aromatic rings. The topological polar surface area (TPSA) is 38.8 Å². The van der Waals surface area contributed by atoms with E-state index >= 15 is 0 Å². The molecule has 1 fully saturated rings. The second-order valence-corrected chi connectivity index (χ2v) is 4.23. The Morgan fingerprint density at radius 1 is 1.56 bits per heavy atom. The molecule has 0 N–H and O–H groups in total. The van der Waals surface area contributed by atoms with E-state index in [-0.39, 0.29) is 11.9 Å². The highest BCUT2D eigenvalue weighted by Gasteiger charge is 2.28. The summed E-state index contributed by atoms with van der Waals surface area (Å²) in [6.07, 6.45) is 3.08. The molecule has 90 valence electrons. The molecular weight excluding hydrogens is 206 g/mol. The SMILES string of the molecule is CCN1CCOC(C(=O)C2=COCCC2)C1. The van der Waals surface area contributed by atoms with E-state index in [0.717, 1.165) is 38.1 Å². The second kappa shape index (κ2) is 5.46. The summed E-state index contributed by atoms with van der Waals surface area (Å²) < 4.78 is 10.7. The van der Waals surface area contributed by atoms with E-state index in [0.29, 0.717) is 13.2 Å². The first-order chi connectivity index (χ1) is 7.81. The lowest BCUT2D eigenvalue weighted by Crippen LogP contribution is -2.46. The fourth-order valence-corrected chi connectivity index (χ4v) is 2.10. The van der Waals surface area contributed by atoms with Crippen molar-refractivity contribution in [3.8, 4) is 0 Å². The number of hydrogen-bond donors (Lipinski definition) is 0. The smallest absolute Gasteiger partial charge is 0.191 e. The first kappa shape index (κ1) is 11.6. The summed E-state index contributed by atoms with van der Waals surface area (Å²) >= 11 is 0. The molecule has 0 saturated carbocycles. The van der Waals surface area contributed by atoms with Crippen molar-refractivity contribution in [2.24, 2.45) is 0 Å². The number of rotatable bonds is 3. The van der Waals surface area contributed by atoms with Crippen molar-refractivity contribution in [3.63, 3.8) is 0 Å². The van der Waals surface area contributed by atoms with Gasteiger partial charge in [-0.1, -0.05) is 6.92 Å². The van der Waals surface area contributed by atoms with Gasteiger partial charge in [-0.15, -0.1) is 0 Å². The highest BCUT2D eigenvalue weighted by molar-refractivity contribution is 5.98. The normalized spacial score (nSPS) is 27.1. The Hall–Kier alpha value is -0.870. The number of ether oxygens (including phenoxy) is 2. The Bertz CT molecular complexity index is 288. The lowest BCUT2D eigenvalue weighted by molar-refractivity contribution is -0.132. The highest BCUT2D eigenvalue weighted by Crippen LogP contribution is 2.17. The minimum Gasteiger partial charge on any atom is -0.501 e. The third-order valence-electron chi connectivity index (χ3n) is 3.14. The Labute approximate surface area is 96.2 Å². The lowest BCUT2D eigenvalue weighted by Gasteiger charge is -2.31. The van der Waals surface area contributed by atoms with E-state index < -0.39 is 0 Å². The van der Waals surface area contributed by atoms with Gasteiger partial charge in [0.25, 0.3) is 0 Å². The number of morpholine rings is 1. The summed E-state index contributed by atoms with van der Waals surface area (Å²) in [5.74, 6) is 0.109. The number of ketones is 1. The number of likely N-dealkylation sites (N-methyl/N-ethyl adjacent to an activating group) is 1. The van der Waals surface area contributed by atoms with E-state index in [1.807, 2.05) is 0 Å². The third-order valence-corrected chi connectivity index (χ3v) is 3.14. The van der Waals surface area contributed by atoms with Gasteiger partial charge in [-0.25, -0.2) is 0 Å². The molecule has 4 nitrogen and oxygen atoms in total. The summed E-state index contributed by atoms with van der Waals surface area (Å²) in [5.41, 5.74) is 0.786. The molecule has 4 heteroatoms. The van der Waals surface area contributed by atoms with Crippen LogP contribution in [-0.4, -0.2) is 49.6 Å². The lowest BCUT2D eigenvalue weighted by atomic mass is 10.0. The van der Waals surface area contributed by atoms with Gasteiger partial charge >= 0.3 is 0 Å². The fraction of sp³-hybridized carbons (Fsp3) is 0.750. The first-order valence-electron chi connectivity index (χ1n) is 6.00. The molecule has 2 heterocycles. The van der Waals surface area contributed by atoms with Crippen LogP contribution in [0.5, 0.6) is 0 Å². The molecule has 2 aliphatic rings. The summed E-state index contributed by atoms with van der Waals surface area (Å²) in [5, 5.41) is 0. The zero-order valence-corrected chi connectivity index (χ0v) is 9.78. The van der Waals surface area contributed by atoms with Crippen LogP contribution >= 0.6 is 0 Å². The summed E-state index contributed by atoms with van der Waals surface area (Å²) in [7, 11) is 0. The van der Waals surface area contributed by atoms with Gasteiger partial charge in [0.1, 0.15) is 6.10 Å². The van der Waals surface area contributed by atoms with E-state index in [9.17, 15) is 4.79 Å². The minimum absolute atomic E-state index is 0.109. The van der Waals surface area contributed by atoms with Gasteiger partial charge in [-0.2, -0.15) is 0 Å². The highest BCUT2D eigenvalue weighted by atomic mass is 16.5. The zero-order valence-electron chi connectivity index (χ0n) is 9.78. The van der Waals surface area contributed by atoms with Crippen molar-refractivity contribution < 1.29 is 14.3 Å². The number of Topliss-reactive ketones (excluding diaryl/α,β-unsaturated/α-hetero) is 1. The van der Waals surface area contributed by atoms with Gasteiger partial charge < -0.3 is 9.47 Å². The van der Waals surface area contributed by atoms with Gasteiger partial charge in [0.15, 0.2) is 5.78 Å². The Balaban J connectivity index is 1.95. The third kappa shape index (κ3) is 2.62. The van der Waals surface area contributed by atoms with Crippen LogP contribution in [0.4, 0.5) is 0 Å². The van der Waals surface area contributed by atoms with Gasteiger partial charge in [0.05, 0.1) is 19.5 Å². The van der Waals surface area contributed by atoms with Gasteiger partial charge in [-0.3, -0.25) is 9.69 Å². The number of carbonyl (C=O) groups is 1. The molecule has 0 aliphatic carbocycles. The molecule has 2 aliphatic heterocycles. The van der Waals surface area contributed by atoms with Crippen molar-refractivity contribution in [1.82, 2.24) is 4.90 Å². The summed E-state index contributed by atoms with van der Waals surface area (Å²) in [6, 6.07) is 0. The van der Waals surface area contributed by atoms with Gasteiger partial charge in [-0.05, 0) is 19.4 Å². The number of nitrogens with zero attached hydrogens (tertiary/aromatic N) is 1. The molecule has 0 aromatic carbocycles. The molecule has 0 radical (unpaired) electrons.